The van der Waals surface area contributed by atoms with Gasteiger partial charge in [0.2, 0.25) is 0 Å². The Labute approximate surface area is 178 Å². The molecular weight excluding hydrogens is 380 g/mol. The molecule has 0 N–H and O–H groups in total. The van der Waals surface area contributed by atoms with Gasteiger partial charge in [-0.2, -0.15) is 4.98 Å². The van der Waals surface area contributed by atoms with Crippen LogP contribution in [0.25, 0.3) is 11.7 Å². The van der Waals surface area contributed by atoms with Crippen molar-refractivity contribution in [3.05, 3.63) is 23.9 Å². The van der Waals surface area contributed by atoms with Crippen LogP contribution in [0.2, 0.25) is 0 Å². The molecule has 2 aromatic heterocycles. The fraction of sp³-hybridized carbons (Fsp3) is 0.682. The number of hydrogen-bond donors (Lipinski definition) is 0. The van der Waals surface area contributed by atoms with Crippen molar-refractivity contribution >= 4 is 17.5 Å². The van der Waals surface area contributed by atoms with Gasteiger partial charge in [0.1, 0.15) is 17.7 Å². The Balaban J connectivity index is 1.33. The summed E-state index contributed by atoms with van der Waals surface area (Å²) >= 11 is 0. The van der Waals surface area contributed by atoms with Gasteiger partial charge in [0.05, 0.1) is 46.2 Å². The first-order valence-corrected chi connectivity index (χ1v) is 11.3. The van der Waals surface area contributed by atoms with Crippen molar-refractivity contribution in [2.75, 3.05) is 53.6 Å². The van der Waals surface area contributed by atoms with E-state index in [-0.39, 0.29) is 0 Å². The lowest BCUT2D eigenvalue weighted by atomic mass is 9.93. The van der Waals surface area contributed by atoms with Crippen LogP contribution in [0, 0.1) is 5.92 Å². The van der Waals surface area contributed by atoms with Gasteiger partial charge >= 0.3 is 0 Å². The van der Waals surface area contributed by atoms with Gasteiger partial charge in [-0.05, 0) is 18.8 Å². The highest BCUT2D eigenvalue weighted by Gasteiger charge is 2.39. The first-order chi connectivity index (χ1) is 14.6. The second kappa shape index (κ2) is 8.00. The maximum atomic E-state index is 6.33. The summed E-state index contributed by atoms with van der Waals surface area (Å²) in [5, 5.41) is 9.10. The molecule has 162 valence electrons. The van der Waals surface area contributed by atoms with Crippen LogP contribution in [0.5, 0.6) is 0 Å². The van der Waals surface area contributed by atoms with Gasteiger partial charge in [-0.1, -0.05) is 13.3 Å². The summed E-state index contributed by atoms with van der Waals surface area (Å²) in [6.07, 6.45) is 9.73. The average Bonchev–Trinajstić information content (AvgIpc) is 3.43. The van der Waals surface area contributed by atoms with E-state index >= 15 is 0 Å². The van der Waals surface area contributed by atoms with Crippen LogP contribution in [-0.4, -0.2) is 84.1 Å². The number of morpholine rings is 1. The van der Waals surface area contributed by atoms with Crippen LogP contribution in [0.3, 0.4) is 0 Å². The fourth-order valence-electron chi connectivity index (χ4n) is 5.24. The summed E-state index contributed by atoms with van der Waals surface area (Å²) in [5.41, 5.74) is 1.95. The van der Waals surface area contributed by atoms with Gasteiger partial charge in [0, 0.05) is 31.6 Å². The lowest BCUT2D eigenvalue weighted by Gasteiger charge is -2.26. The molecule has 0 bridgehead atoms. The number of quaternary nitrogens is 1. The molecular formula is C22H33N6O2+. The number of aromatic nitrogens is 4. The highest BCUT2D eigenvalue weighted by molar-refractivity contribution is 5.69. The second-order valence-electron chi connectivity index (χ2n) is 9.27. The van der Waals surface area contributed by atoms with Crippen molar-refractivity contribution in [3.63, 3.8) is 0 Å². The molecule has 1 saturated carbocycles. The summed E-state index contributed by atoms with van der Waals surface area (Å²) in [6, 6.07) is 0. The predicted molar refractivity (Wildman–Crippen MR) is 116 cm³/mol. The first kappa shape index (κ1) is 20.1. The van der Waals surface area contributed by atoms with E-state index < -0.39 is 0 Å². The van der Waals surface area contributed by atoms with Crippen molar-refractivity contribution < 1.29 is 9.47 Å². The molecule has 3 unspecified atom stereocenters. The number of ether oxygens (including phenoxy) is 2. The Morgan fingerprint density at radius 1 is 1.20 bits per heavy atom. The number of rotatable bonds is 6. The highest BCUT2D eigenvalue weighted by Crippen LogP contribution is 2.43. The summed E-state index contributed by atoms with van der Waals surface area (Å²) < 4.78 is 14.7. The number of hydrogen-bond acceptors (Lipinski definition) is 6. The molecule has 2 fully saturated rings. The predicted octanol–water partition coefficient (Wildman–Crippen LogP) is 2.30. The number of fused-ring (bicyclic) bond motifs is 3. The Hall–Kier alpha value is -1.87. The molecule has 2 aliphatic heterocycles. The van der Waals surface area contributed by atoms with Crippen molar-refractivity contribution in [1.29, 1.82) is 0 Å². The first-order valence-electron chi connectivity index (χ1n) is 11.3. The van der Waals surface area contributed by atoms with Gasteiger partial charge < -0.3 is 9.47 Å². The van der Waals surface area contributed by atoms with E-state index in [4.69, 9.17) is 9.47 Å². The molecule has 8 nitrogen and oxygen atoms in total. The van der Waals surface area contributed by atoms with Crippen molar-refractivity contribution in [3.8, 4) is 0 Å². The van der Waals surface area contributed by atoms with Crippen LogP contribution < -0.4 is 4.48 Å². The zero-order valence-corrected chi connectivity index (χ0v) is 18.3. The molecule has 1 saturated heterocycles. The molecule has 3 aliphatic rings. The highest BCUT2D eigenvalue weighted by atomic mass is 16.5. The lowest BCUT2D eigenvalue weighted by Crippen LogP contribution is -2.38. The van der Waals surface area contributed by atoms with Crippen LogP contribution >= 0.6 is 0 Å². The largest absolute Gasteiger partial charge is 0.379 e. The Kier molecular flexibility index (Phi) is 5.35. The lowest BCUT2D eigenvalue weighted by molar-refractivity contribution is 0.00235. The standard InChI is InChI=1S/C22H33N6O2/c1-4-16-13-17(30-12-8-26-6-10-29-11-7-26)14-18(16)21-25-24-20-15-23-22-19(27(20)21)5-9-28(22,2)3/h5,9,15-18H,4,6-8,10-14H2,1-3H3/q+1. The third kappa shape index (κ3) is 3.56. The molecule has 3 atom stereocenters. The van der Waals surface area contributed by atoms with E-state index in [0.29, 0.717) is 22.4 Å². The quantitative estimate of drug-likeness (QED) is 0.677. The minimum absolute atomic E-state index is 0.297. The van der Waals surface area contributed by atoms with Gasteiger partial charge in [0.15, 0.2) is 5.65 Å². The summed E-state index contributed by atoms with van der Waals surface area (Å²) in [6.45, 7) is 7.78. The molecule has 0 radical (unpaired) electrons. The minimum Gasteiger partial charge on any atom is -0.379 e. The molecule has 0 spiro atoms. The molecule has 30 heavy (non-hydrogen) atoms. The minimum atomic E-state index is 0.297. The summed E-state index contributed by atoms with van der Waals surface area (Å²) in [5.74, 6) is 3.06. The molecule has 4 heterocycles. The van der Waals surface area contributed by atoms with Crippen LogP contribution in [0.15, 0.2) is 12.4 Å². The molecule has 2 aromatic rings. The van der Waals surface area contributed by atoms with Crippen molar-refractivity contribution in [2.24, 2.45) is 5.92 Å². The molecule has 0 amide bonds. The van der Waals surface area contributed by atoms with E-state index in [0.717, 1.165) is 81.7 Å². The Morgan fingerprint density at radius 2 is 2.03 bits per heavy atom. The van der Waals surface area contributed by atoms with E-state index in [2.05, 4.69) is 57.8 Å². The van der Waals surface area contributed by atoms with E-state index in [1.54, 1.807) is 0 Å². The Bertz CT molecular complexity index is 933. The second-order valence-corrected chi connectivity index (χ2v) is 9.27. The van der Waals surface area contributed by atoms with Gasteiger partial charge in [-0.15, -0.1) is 10.2 Å². The maximum absolute atomic E-state index is 6.33. The molecule has 0 aromatic carbocycles. The molecule has 1 aliphatic carbocycles. The fourth-order valence-corrected chi connectivity index (χ4v) is 5.24. The Morgan fingerprint density at radius 3 is 2.83 bits per heavy atom. The van der Waals surface area contributed by atoms with Crippen molar-refractivity contribution in [2.45, 2.75) is 38.2 Å². The summed E-state index contributed by atoms with van der Waals surface area (Å²) in [4.78, 5) is 7.10. The third-order valence-corrected chi connectivity index (χ3v) is 7.01. The van der Waals surface area contributed by atoms with E-state index in [1.165, 1.54) is 0 Å². The third-order valence-electron chi connectivity index (χ3n) is 7.01. The smallest absolute Gasteiger partial charge is 0.256 e. The maximum Gasteiger partial charge on any atom is 0.256 e. The topological polar surface area (TPSA) is 64.8 Å². The monoisotopic (exact) mass is 413 g/mol. The van der Waals surface area contributed by atoms with Gasteiger partial charge in [-0.3, -0.25) is 13.8 Å². The zero-order valence-electron chi connectivity index (χ0n) is 18.3. The van der Waals surface area contributed by atoms with Gasteiger partial charge in [-0.25, -0.2) is 0 Å². The SMILES string of the molecule is CCC1CC(OCCN2CCOCC2)CC1c1nnc2cnc3c(n12)C=C[N+]3(C)C. The molecule has 8 heteroatoms. The van der Waals surface area contributed by atoms with Crippen LogP contribution in [0.4, 0.5) is 5.82 Å². The van der Waals surface area contributed by atoms with Crippen LogP contribution in [-0.2, 0) is 9.47 Å². The summed E-state index contributed by atoms with van der Waals surface area (Å²) in [7, 11) is 4.29. The number of nitrogens with zero attached hydrogens (tertiary/aromatic N) is 6. The van der Waals surface area contributed by atoms with Gasteiger partial charge in [0.25, 0.3) is 5.82 Å². The average molecular weight is 414 g/mol. The van der Waals surface area contributed by atoms with Crippen LogP contribution in [0.1, 0.15) is 43.6 Å². The van der Waals surface area contributed by atoms with E-state index in [1.807, 2.05) is 6.20 Å². The zero-order chi connectivity index (χ0) is 20.7. The van der Waals surface area contributed by atoms with E-state index in [9.17, 15) is 0 Å². The normalized spacial score (nSPS) is 28.4. The molecule has 5 rings (SSSR count). The van der Waals surface area contributed by atoms with Crippen molar-refractivity contribution in [1.82, 2.24) is 29.0 Å².